The number of benzene rings is 1. The van der Waals surface area contributed by atoms with Crippen molar-refractivity contribution in [2.75, 3.05) is 6.54 Å². The molecule has 1 aromatic heterocycles. The van der Waals surface area contributed by atoms with E-state index in [9.17, 15) is 0 Å². The molecule has 2 rings (SSSR count). The van der Waals surface area contributed by atoms with E-state index in [1.807, 2.05) is 6.07 Å². The average molecular weight is 285 g/mol. The van der Waals surface area contributed by atoms with Crippen LogP contribution in [-0.4, -0.2) is 6.54 Å². The van der Waals surface area contributed by atoms with Crippen LogP contribution in [0.25, 0.3) is 0 Å². The highest BCUT2D eigenvalue weighted by Gasteiger charge is 2.12. The average Bonchev–Trinajstić information content (AvgIpc) is 3.01. The van der Waals surface area contributed by atoms with Crippen molar-refractivity contribution in [2.45, 2.75) is 52.0 Å². The van der Waals surface area contributed by atoms with Gasteiger partial charge >= 0.3 is 0 Å². The van der Waals surface area contributed by atoms with E-state index >= 15 is 0 Å². The molecule has 2 aromatic rings. The predicted octanol–water partition coefficient (Wildman–Crippen LogP) is 4.91. The van der Waals surface area contributed by atoms with Crippen LogP contribution in [0.5, 0.6) is 0 Å². The Morgan fingerprint density at radius 2 is 1.95 bits per heavy atom. The Balaban J connectivity index is 2.04. The maximum atomic E-state index is 5.46. The summed E-state index contributed by atoms with van der Waals surface area (Å²) in [6.07, 6.45) is 7.32. The zero-order chi connectivity index (χ0) is 14.9. The maximum Gasteiger partial charge on any atom is 0.103 e. The van der Waals surface area contributed by atoms with Crippen LogP contribution in [0.3, 0.4) is 0 Å². The van der Waals surface area contributed by atoms with Gasteiger partial charge in [-0.2, -0.15) is 0 Å². The highest BCUT2D eigenvalue weighted by Crippen LogP contribution is 2.21. The van der Waals surface area contributed by atoms with E-state index in [-0.39, 0.29) is 0 Å². The van der Waals surface area contributed by atoms with Gasteiger partial charge in [0.1, 0.15) is 5.76 Å². The third-order valence-electron chi connectivity index (χ3n) is 3.79. The van der Waals surface area contributed by atoms with Gasteiger partial charge in [-0.05, 0) is 49.1 Å². The minimum Gasteiger partial charge on any atom is -0.469 e. The Morgan fingerprint density at radius 3 is 2.67 bits per heavy atom. The zero-order valence-corrected chi connectivity index (χ0v) is 13.3. The third kappa shape index (κ3) is 5.05. The van der Waals surface area contributed by atoms with Crippen LogP contribution in [0.1, 0.15) is 56.0 Å². The van der Waals surface area contributed by atoms with E-state index in [1.165, 1.54) is 17.5 Å². The Kier molecular flexibility index (Phi) is 6.55. The van der Waals surface area contributed by atoms with E-state index in [0.717, 1.165) is 38.0 Å². The van der Waals surface area contributed by atoms with Gasteiger partial charge in [0.2, 0.25) is 0 Å². The summed E-state index contributed by atoms with van der Waals surface area (Å²) in [5.74, 6) is 1.07. The van der Waals surface area contributed by atoms with Crippen molar-refractivity contribution in [1.82, 2.24) is 5.32 Å². The molecule has 0 saturated heterocycles. The Hall–Kier alpha value is -1.54. The fourth-order valence-electron chi connectivity index (χ4n) is 2.70. The Morgan fingerprint density at radius 1 is 1.05 bits per heavy atom. The smallest absolute Gasteiger partial charge is 0.103 e. The first kappa shape index (κ1) is 15.8. The van der Waals surface area contributed by atoms with Crippen LogP contribution < -0.4 is 5.32 Å². The summed E-state index contributed by atoms with van der Waals surface area (Å²) in [7, 11) is 0. The molecule has 0 spiro atoms. The molecule has 1 heterocycles. The van der Waals surface area contributed by atoms with E-state index in [4.69, 9.17) is 4.42 Å². The van der Waals surface area contributed by atoms with E-state index in [1.54, 1.807) is 6.26 Å². The lowest BCUT2D eigenvalue weighted by molar-refractivity contribution is 0.452. The van der Waals surface area contributed by atoms with Gasteiger partial charge in [0.25, 0.3) is 0 Å². The molecule has 0 amide bonds. The van der Waals surface area contributed by atoms with Crippen molar-refractivity contribution in [1.29, 1.82) is 0 Å². The number of furan rings is 1. The maximum absolute atomic E-state index is 5.46. The number of aryl methyl sites for hydroxylation is 2. The summed E-state index contributed by atoms with van der Waals surface area (Å²) in [6.45, 7) is 5.50. The number of hydrogen-bond donors (Lipinski definition) is 1. The molecular weight excluding hydrogens is 258 g/mol. The summed E-state index contributed by atoms with van der Waals surface area (Å²) in [4.78, 5) is 0. The molecule has 0 radical (unpaired) electrons. The molecule has 2 nitrogen and oxygen atoms in total. The molecule has 0 aliphatic carbocycles. The fraction of sp³-hybridized carbons (Fsp3) is 0.474. The molecule has 1 unspecified atom stereocenters. The van der Waals surface area contributed by atoms with Crippen LogP contribution in [0.2, 0.25) is 0 Å². The van der Waals surface area contributed by atoms with Crippen molar-refractivity contribution in [3.63, 3.8) is 0 Å². The predicted molar refractivity (Wildman–Crippen MR) is 88.5 cm³/mol. The lowest BCUT2D eigenvalue weighted by atomic mass is 9.98. The highest BCUT2D eigenvalue weighted by molar-refractivity contribution is 5.26. The molecule has 21 heavy (non-hydrogen) atoms. The minimum absolute atomic E-state index is 0.409. The summed E-state index contributed by atoms with van der Waals surface area (Å²) in [6, 6.07) is 13.5. The second-order valence-corrected chi connectivity index (χ2v) is 5.62. The first-order chi connectivity index (χ1) is 10.3. The standard InChI is InChI=1S/C19H27NO/c1-3-7-16-8-5-9-17(15-16)19(20-13-4-2)12-11-18-10-6-14-21-18/h5-6,8-10,14-15,19-20H,3-4,7,11-13H2,1-2H3. The first-order valence-corrected chi connectivity index (χ1v) is 8.18. The quantitative estimate of drug-likeness (QED) is 0.708. The van der Waals surface area contributed by atoms with Gasteiger partial charge < -0.3 is 9.73 Å². The van der Waals surface area contributed by atoms with E-state index in [0.29, 0.717) is 6.04 Å². The van der Waals surface area contributed by atoms with Crippen molar-refractivity contribution in [3.8, 4) is 0 Å². The topological polar surface area (TPSA) is 25.2 Å². The molecule has 0 saturated carbocycles. The highest BCUT2D eigenvalue weighted by atomic mass is 16.3. The van der Waals surface area contributed by atoms with Crippen molar-refractivity contribution < 1.29 is 4.42 Å². The molecule has 1 atom stereocenters. The second-order valence-electron chi connectivity index (χ2n) is 5.62. The molecule has 0 aliphatic heterocycles. The summed E-state index contributed by atoms with van der Waals surface area (Å²) < 4.78 is 5.46. The van der Waals surface area contributed by atoms with E-state index in [2.05, 4.69) is 49.5 Å². The number of rotatable bonds is 9. The van der Waals surface area contributed by atoms with Crippen LogP contribution in [0.4, 0.5) is 0 Å². The van der Waals surface area contributed by atoms with Gasteiger partial charge in [0.05, 0.1) is 6.26 Å². The SMILES string of the molecule is CCCNC(CCc1ccco1)c1cccc(CCC)c1. The monoisotopic (exact) mass is 285 g/mol. The van der Waals surface area contributed by atoms with Gasteiger partial charge in [0, 0.05) is 12.5 Å². The third-order valence-corrected chi connectivity index (χ3v) is 3.79. The molecule has 0 aliphatic rings. The Labute approximate surface area is 128 Å². The number of nitrogens with one attached hydrogen (secondary N) is 1. The van der Waals surface area contributed by atoms with Gasteiger partial charge in [-0.3, -0.25) is 0 Å². The van der Waals surface area contributed by atoms with Crippen molar-refractivity contribution in [2.24, 2.45) is 0 Å². The van der Waals surface area contributed by atoms with Crippen molar-refractivity contribution in [3.05, 3.63) is 59.5 Å². The summed E-state index contributed by atoms with van der Waals surface area (Å²) >= 11 is 0. The molecule has 0 fully saturated rings. The van der Waals surface area contributed by atoms with Crippen LogP contribution >= 0.6 is 0 Å². The number of hydrogen-bond acceptors (Lipinski definition) is 2. The van der Waals surface area contributed by atoms with Gasteiger partial charge in [-0.1, -0.05) is 44.5 Å². The molecule has 0 bridgehead atoms. The van der Waals surface area contributed by atoms with Crippen LogP contribution in [0.15, 0.2) is 47.1 Å². The molecule has 2 heteroatoms. The van der Waals surface area contributed by atoms with E-state index < -0.39 is 0 Å². The molecule has 1 aromatic carbocycles. The van der Waals surface area contributed by atoms with Gasteiger partial charge in [-0.25, -0.2) is 0 Å². The summed E-state index contributed by atoms with van der Waals surface area (Å²) in [5.41, 5.74) is 2.84. The fourth-order valence-corrected chi connectivity index (χ4v) is 2.70. The lowest BCUT2D eigenvalue weighted by Crippen LogP contribution is -2.22. The molecule has 1 N–H and O–H groups in total. The normalized spacial score (nSPS) is 12.5. The largest absolute Gasteiger partial charge is 0.469 e. The van der Waals surface area contributed by atoms with Gasteiger partial charge in [-0.15, -0.1) is 0 Å². The molecule has 114 valence electrons. The van der Waals surface area contributed by atoms with Crippen LogP contribution in [-0.2, 0) is 12.8 Å². The van der Waals surface area contributed by atoms with Crippen LogP contribution in [0, 0.1) is 0 Å². The zero-order valence-electron chi connectivity index (χ0n) is 13.3. The Bertz CT molecular complexity index is 504. The molecular formula is C19H27NO. The minimum atomic E-state index is 0.409. The first-order valence-electron chi connectivity index (χ1n) is 8.18. The van der Waals surface area contributed by atoms with Gasteiger partial charge in [0.15, 0.2) is 0 Å². The lowest BCUT2D eigenvalue weighted by Gasteiger charge is -2.19. The van der Waals surface area contributed by atoms with Crippen molar-refractivity contribution >= 4 is 0 Å². The summed E-state index contributed by atoms with van der Waals surface area (Å²) in [5, 5.41) is 3.68. The second kappa shape index (κ2) is 8.68.